The number of hydrogen-bond acceptors (Lipinski definition) is 4. The van der Waals surface area contributed by atoms with Crippen molar-refractivity contribution in [3.8, 4) is 11.8 Å². The third-order valence-corrected chi connectivity index (χ3v) is 2.30. The van der Waals surface area contributed by atoms with E-state index in [9.17, 15) is 4.79 Å². The number of ether oxygens (including phenoxy) is 3. The molecule has 0 radical (unpaired) electrons. The number of rotatable bonds is 1. The molecule has 2 rings (SSSR count). The average Bonchev–Trinajstić information content (AvgIpc) is 2.77. The van der Waals surface area contributed by atoms with E-state index >= 15 is 0 Å². The second-order valence-electron chi connectivity index (χ2n) is 3.49. The van der Waals surface area contributed by atoms with Crippen LogP contribution in [-0.2, 0) is 19.0 Å². The first-order valence-corrected chi connectivity index (χ1v) is 4.97. The molecule has 0 aromatic heterocycles. The first kappa shape index (κ1) is 10.8. The summed E-state index contributed by atoms with van der Waals surface area (Å²) in [6, 6.07) is 0. The SMILES string of the molecule is CC#CC1C=CC2(OC=CC2OC(C)=O)O1. The number of hydrogen-bond donors (Lipinski definition) is 0. The van der Waals surface area contributed by atoms with Crippen molar-refractivity contribution in [3.05, 3.63) is 24.5 Å². The van der Waals surface area contributed by atoms with Gasteiger partial charge in [0, 0.05) is 6.92 Å². The van der Waals surface area contributed by atoms with Gasteiger partial charge in [-0.25, -0.2) is 0 Å². The fourth-order valence-corrected chi connectivity index (χ4v) is 1.67. The Bertz CT molecular complexity index is 412. The van der Waals surface area contributed by atoms with Gasteiger partial charge < -0.3 is 14.2 Å². The van der Waals surface area contributed by atoms with Crippen molar-refractivity contribution >= 4 is 5.97 Å². The number of esters is 1. The highest BCUT2D eigenvalue weighted by Gasteiger charge is 2.48. The predicted molar refractivity (Wildman–Crippen MR) is 56.0 cm³/mol. The fourth-order valence-electron chi connectivity index (χ4n) is 1.67. The Morgan fingerprint density at radius 2 is 2.31 bits per heavy atom. The topological polar surface area (TPSA) is 44.8 Å². The molecule has 0 aliphatic carbocycles. The van der Waals surface area contributed by atoms with Gasteiger partial charge in [-0.3, -0.25) is 4.79 Å². The zero-order chi connectivity index (χ0) is 11.6. The van der Waals surface area contributed by atoms with Crippen LogP contribution in [0.25, 0.3) is 0 Å². The predicted octanol–water partition coefficient (Wildman–Crippen LogP) is 1.14. The Morgan fingerprint density at radius 1 is 1.50 bits per heavy atom. The van der Waals surface area contributed by atoms with Gasteiger partial charge in [0.25, 0.3) is 5.79 Å². The van der Waals surface area contributed by atoms with Crippen molar-refractivity contribution in [3.63, 3.8) is 0 Å². The lowest BCUT2D eigenvalue weighted by Crippen LogP contribution is -2.41. The maximum atomic E-state index is 10.9. The Hall–Kier alpha value is -1.73. The summed E-state index contributed by atoms with van der Waals surface area (Å²) in [5.41, 5.74) is 0. The van der Waals surface area contributed by atoms with Crippen LogP contribution in [0.1, 0.15) is 13.8 Å². The molecule has 0 saturated carbocycles. The van der Waals surface area contributed by atoms with Gasteiger partial charge in [0.15, 0.2) is 6.10 Å². The first-order valence-electron chi connectivity index (χ1n) is 4.97. The van der Waals surface area contributed by atoms with E-state index < -0.39 is 11.9 Å². The molecule has 2 heterocycles. The van der Waals surface area contributed by atoms with Gasteiger partial charge in [-0.2, -0.15) is 0 Å². The van der Waals surface area contributed by atoms with Crippen LogP contribution >= 0.6 is 0 Å². The van der Waals surface area contributed by atoms with Crippen molar-refractivity contribution in [2.45, 2.75) is 31.8 Å². The molecule has 0 saturated heterocycles. The molecule has 0 N–H and O–H groups in total. The van der Waals surface area contributed by atoms with Crippen LogP contribution in [0.5, 0.6) is 0 Å². The summed E-state index contributed by atoms with van der Waals surface area (Å²) in [6.07, 6.45) is 5.77. The fraction of sp³-hybridized carbons (Fsp3) is 0.417. The van der Waals surface area contributed by atoms with Gasteiger partial charge in [-0.1, -0.05) is 5.92 Å². The van der Waals surface area contributed by atoms with E-state index in [4.69, 9.17) is 14.2 Å². The van der Waals surface area contributed by atoms with E-state index in [1.165, 1.54) is 13.2 Å². The molecule has 2 aliphatic heterocycles. The monoisotopic (exact) mass is 220 g/mol. The minimum atomic E-state index is -1.03. The second-order valence-corrected chi connectivity index (χ2v) is 3.49. The molecule has 0 aromatic rings. The lowest BCUT2D eigenvalue weighted by atomic mass is 10.1. The van der Waals surface area contributed by atoms with Gasteiger partial charge in [-0.05, 0) is 25.2 Å². The van der Waals surface area contributed by atoms with Crippen LogP contribution in [0, 0.1) is 11.8 Å². The van der Waals surface area contributed by atoms with Crippen molar-refractivity contribution in [2.24, 2.45) is 0 Å². The van der Waals surface area contributed by atoms with Gasteiger partial charge in [0.05, 0.1) is 6.26 Å². The molecule has 1 spiro atoms. The molecule has 4 heteroatoms. The molecule has 16 heavy (non-hydrogen) atoms. The number of carbonyl (C=O) groups excluding carboxylic acids is 1. The number of carbonyl (C=O) groups is 1. The van der Waals surface area contributed by atoms with E-state index in [1.807, 2.05) is 0 Å². The molecule has 0 fully saturated rings. The Balaban J connectivity index is 2.11. The third kappa shape index (κ3) is 1.82. The van der Waals surface area contributed by atoms with Gasteiger partial charge in [-0.15, -0.1) is 5.92 Å². The average molecular weight is 220 g/mol. The largest absolute Gasteiger partial charge is 0.462 e. The summed E-state index contributed by atoms with van der Waals surface area (Å²) in [5.74, 6) is 4.22. The molecule has 0 aromatic carbocycles. The van der Waals surface area contributed by atoms with E-state index in [-0.39, 0.29) is 12.1 Å². The maximum absolute atomic E-state index is 10.9. The van der Waals surface area contributed by atoms with E-state index in [0.29, 0.717) is 0 Å². The molecular formula is C12H12O4. The molecule has 3 atom stereocenters. The first-order chi connectivity index (χ1) is 7.66. The molecule has 4 nitrogen and oxygen atoms in total. The zero-order valence-corrected chi connectivity index (χ0v) is 9.10. The summed E-state index contributed by atoms with van der Waals surface area (Å²) in [4.78, 5) is 10.9. The molecular weight excluding hydrogens is 208 g/mol. The van der Waals surface area contributed by atoms with E-state index in [2.05, 4.69) is 11.8 Å². The third-order valence-electron chi connectivity index (χ3n) is 2.30. The maximum Gasteiger partial charge on any atom is 0.303 e. The molecule has 2 aliphatic rings. The van der Waals surface area contributed by atoms with Gasteiger partial charge >= 0.3 is 5.97 Å². The van der Waals surface area contributed by atoms with Gasteiger partial charge in [0.2, 0.25) is 0 Å². The molecule has 84 valence electrons. The highest BCUT2D eigenvalue weighted by molar-refractivity contribution is 5.66. The van der Waals surface area contributed by atoms with Crippen molar-refractivity contribution in [2.75, 3.05) is 0 Å². The lowest BCUT2D eigenvalue weighted by molar-refractivity contribution is -0.208. The standard InChI is InChI=1S/C12H12O4/c1-3-4-10-5-7-12(16-10)11(6-8-14-12)15-9(2)13/h5-8,10-11H,1-2H3. The smallest absolute Gasteiger partial charge is 0.303 e. The van der Waals surface area contributed by atoms with Crippen LogP contribution in [0.15, 0.2) is 24.5 Å². The molecule has 0 bridgehead atoms. The van der Waals surface area contributed by atoms with Gasteiger partial charge in [0.1, 0.15) is 6.10 Å². The highest BCUT2D eigenvalue weighted by atomic mass is 16.7. The van der Waals surface area contributed by atoms with Crippen molar-refractivity contribution in [1.29, 1.82) is 0 Å². The minimum Gasteiger partial charge on any atom is -0.462 e. The lowest BCUT2D eigenvalue weighted by Gasteiger charge is -2.27. The van der Waals surface area contributed by atoms with E-state index in [0.717, 1.165) is 0 Å². The zero-order valence-electron chi connectivity index (χ0n) is 9.10. The molecule has 0 amide bonds. The minimum absolute atomic E-state index is 0.317. The summed E-state index contributed by atoms with van der Waals surface area (Å²) in [6.45, 7) is 3.08. The van der Waals surface area contributed by atoms with Crippen LogP contribution in [0.3, 0.4) is 0 Å². The second kappa shape index (κ2) is 4.03. The Morgan fingerprint density at radius 3 is 3.00 bits per heavy atom. The van der Waals surface area contributed by atoms with Crippen LogP contribution < -0.4 is 0 Å². The Labute approximate surface area is 93.9 Å². The summed E-state index contributed by atoms with van der Waals surface area (Å²) in [7, 11) is 0. The molecule has 3 unspecified atom stereocenters. The quantitative estimate of drug-likeness (QED) is 0.377. The van der Waals surface area contributed by atoms with E-state index in [1.54, 1.807) is 25.2 Å². The van der Waals surface area contributed by atoms with Crippen molar-refractivity contribution < 1.29 is 19.0 Å². The van der Waals surface area contributed by atoms with Crippen LogP contribution in [0.4, 0.5) is 0 Å². The van der Waals surface area contributed by atoms with Crippen LogP contribution in [-0.4, -0.2) is 24.0 Å². The Kier molecular flexibility index (Phi) is 2.71. The highest BCUT2D eigenvalue weighted by Crippen LogP contribution is 2.35. The normalized spacial score (nSPS) is 34.6. The summed E-state index contributed by atoms with van der Waals surface area (Å²) in [5, 5.41) is 0. The van der Waals surface area contributed by atoms with Crippen LogP contribution in [0.2, 0.25) is 0 Å². The van der Waals surface area contributed by atoms with Crippen molar-refractivity contribution in [1.82, 2.24) is 0 Å². The summed E-state index contributed by atoms with van der Waals surface area (Å²) < 4.78 is 16.1. The summed E-state index contributed by atoms with van der Waals surface area (Å²) >= 11 is 0.